The van der Waals surface area contributed by atoms with Gasteiger partial charge in [0.05, 0.1) is 22.5 Å². The lowest BCUT2D eigenvalue weighted by molar-refractivity contribution is -0.172. The minimum absolute atomic E-state index is 0.0644. The number of carbonyl (C=O) groups is 2. The molecule has 3 N–H and O–H groups in total. The lowest BCUT2D eigenvalue weighted by atomic mass is 9.85. The van der Waals surface area contributed by atoms with Crippen LogP contribution in [0.1, 0.15) is 48.4 Å². The predicted molar refractivity (Wildman–Crippen MR) is 137 cm³/mol. The van der Waals surface area contributed by atoms with E-state index in [0.717, 1.165) is 18.9 Å². The zero-order chi connectivity index (χ0) is 28.4. The van der Waals surface area contributed by atoms with Gasteiger partial charge in [-0.2, -0.15) is 0 Å². The van der Waals surface area contributed by atoms with E-state index in [1.165, 1.54) is 17.7 Å². The van der Waals surface area contributed by atoms with Crippen molar-refractivity contribution in [2.45, 2.75) is 58.0 Å². The monoisotopic (exact) mass is 561 g/mol. The highest BCUT2D eigenvalue weighted by atomic mass is 35.5. The normalized spacial score (nSPS) is 19.5. The summed E-state index contributed by atoms with van der Waals surface area (Å²) in [6.45, 7) is 2.59. The van der Waals surface area contributed by atoms with E-state index in [-0.39, 0.29) is 64.5 Å². The first-order valence-corrected chi connectivity index (χ1v) is 12.8. The Hall–Kier alpha value is -3.41. The van der Waals surface area contributed by atoms with Gasteiger partial charge in [-0.25, -0.2) is 18.6 Å². The van der Waals surface area contributed by atoms with E-state index in [1.807, 2.05) is 0 Å². The summed E-state index contributed by atoms with van der Waals surface area (Å²) in [7, 11) is 1.46. The Morgan fingerprint density at radius 3 is 2.67 bits per heavy atom. The molecule has 0 saturated heterocycles. The largest absolute Gasteiger partial charge is 0.458 e. The van der Waals surface area contributed by atoms with Crippen molar-refractivity contribution in [1.29, 1.82) is 0 Å². The highest BCUT2D eigenvalue weighted by Crippen LogP contribution is 2.38. The zero-order valence-corrected chi connectivity index (χ0v) is 22.2. The third kappa shape index (κ3) is 4.29. The fraction of sp³-hybridized carbons (Fsp3) is 0.407. The van der Waals surface area contributed by atoms with Crippen LogP contribution in [0.2, 0.25) is 5.02 Å². The van der Waals surface area contributed by atoms with Crippen LogP contribution in [0.4, 0.5) is 8.78 Å². The summed E-state index contributed by atoms with van der Waals surface area (Å²) >= 11 is 5.87. The molecule has 1 amide bonds. The number of nitrogens with zero attached hydrogens (tertiary/aromatic N) is 2. The number of esters is 1. The average Bonchev–Trinajstić information content (AvgIpc) is 3.76. The number of aliphatic hydroxyl groups excluding tert-OH is 1. The van der Waals surface area contributed by atoms with E-state index in [9.17, 15) is 29.0 Å². The molecule has 2 aliphatic rings. The Morgan fingerprint density at radius 2 is 2.03 bits per heavy atom. The molecule has 1 aromatic carbocycles. The molecule has 3 aromatic rings. The molecule has 3 heterocycles. The van der Waals surface area contributed by atoms with Crippen molar-refractivity contribution in [3.05, 3.63) is 61.4 Å². The lowest BCUT2D eigenvalue weighted by Crippen LogP contribution is -2.44. The molecule has 206 valence electrons. The maximum absolute atomic E-state index is 15.3. The number of benzene rings is 1. The number of amides is 1. The van der Waals surface area contributed by atoms with Crippen molar-refractivity contribution in [1.82, 2.24) is 14.9 Å². The summed E-state index contributed by atoms with van der Waals surface area (Å²) < 4.78 is 36.1. The number of aromatic nitrogens is 2. The third-order valence-electron chi connectivity index (χ3n) is 7.68. The van der Waals surface area contributed by atoms with Crippen LogP contribution in [0.5, 0.6) is 0 Å². The Labute approximate surface area is 226 Å². The highest BCUT2D eigenvalue weighted by molar-refractivity contribution is 6.31. The Kier molecular flexibility index (Phi) is 6.72. The summed E-state index contributed by atoms with van der Waals surface area (Å²) in [6, 6.07) is 2.40. The number of cyclic esters (lactones) is 1. The Bertz CT molecular complexity index is 1620. The van der Waals surface area contributed by atoms with E-state index in [2.05, 4.69) is 10.3 Å². The molecule has 5 rings (SSSR count). The van der Waals surface area contributed by atoms with E-state index >= 15 is 4.39 Å². The summed E-state index contributed by atoms with van der Waals surface area (Å²) in [4.78, 5) is 42.7. The van der Waals surface area contributed by atoms with Gasteiger partial charge in [-0.05, 0) is 49.3 Å². The smallest absolute Gasteiger partial charge is 0.343 e. The van der Waals surface area contributed by atoms with E-state index in [0.29, 0.717) is 5.56 Å². The number of ether oxygens (including phenoxy) is 1. The van der Waals surface area contributed by atoms with Crippen LogP contribution in [-0.4, -0.2) is 37.7 Å². The predicted octanol–water partition coefficient (Wildman–Crippen LogP) is 2.88. The van der Waals surface area contributed by atoms with Crippen molar-refractivity contribution in [2.24, 2.45) is 13.0 Å². The molecule has 1 aliphatic heterocycles. The second-order valence-electron chi connectivity index (χ2n) is 10.0. The van der Waals surface area contributed by atoms with Crippen molar-refractivity contribution < 1.29 is 33.3 Å². The summed E-state index contributed by atoms with van der Waals surface area (Å²) in [6.07, 6.45) is 0.176. The third-order valence-corrected chi connectivity index (χ3v) is 8.02. The molecule has 0 radical (unpaired) electrons. The molecular weight excluding hydrogens is 536 g/mol. The van der Waals surface area contributed by atoms with E-state index in [4.69, 9.17) is 16.3 Å². The number of hydrogen-bond acceptors (Lipinski definition) is 7. The molecular formula is C27H26ClF2N3O6. The van der Waals surface area contributed by atoms with Gasteiger partial charge in [0.2, 0.25) is 5.91 Å². The Balaban J connectivity index is 1.74. The van der Waals surface area contributed by atoms with Gasteiger partial charge in [-0.15, -0.1) is 0 Å². The van der Waals surface area contributed by atoms with Gasteiger partial charge in [0, 0.05) is 30.6 Å². The molecule has 1 aliphatic carbocycles. The fourth-order valence-corrected chi connectivity index (χ4v) is 5.20. The molecule has 1 unspecified atom stereocenters. The van der Waals surface area contributed by atoms with Crippen LogP contribution in [0.25, 0.3) is 22.3 Å². The maximum atomic E-state index is 15.3. The first-order valence-electron chi connectivity index (χ1n) is 12.5. The SMILES string of the molecule is CC[C@@]1(O)C(=O)OCc2c1cc(-c1nc3cc(F)c(Cl)c(F)c3c(CNC(=O)C(O)C3CC3)c1C)n(C)c2=O. The Morgan fingerprint density at radius 1 is 1.33 bits per heavy atom. The van der Waals surface area contributed by atoms with Crippen molar-refractivity contribution in [3.8, 4) is 11.4 Å². The summed E-state index contributed by atoms with van der Waals surface area (Å²) in [5, 5.41) is 23.0. The fourth-order valence-electron chi connectivity index (χ4n) is 5.05. The van der Waals surface area contributed by atoms with Crippen LogP contribution in [0.3, 0.4) is 0 Å². The summed E-state index contributed by atoms with van der Waals surface area (Å²) in [5.74, 6) is -3.78. The van der Waals surface area contributed by atoms with E-state index in [1.54, 1.807) is 13.8 Å². The standard InChI is InChI=1S/C27H26ClF2N3O6/c1-4-27(38)15-7-18(33(3)25(36)14(15)10-39-26(27)37)22-11(2)13(9-31-24(35)23(34)12-5-6-12)19-17(32-22)8-16(29)20(28)21(19)30/h7-8,12,23,34,38H,4-6,9-10H2,1-3H3,(H,31,35)/t23?,27-/m0/s1. The molecule has 2 aromatic heterocycles. The zero-order valence-electron chi connectivity index (χ0n) is 21.4. The quantitative estimate of drug-likeness (QED) is 0.311. The number of hydrogen-bond donors (Lipinski definition) is 3. The van der Waals surface area contributed by atoms with Crippen LogP contribution < -0.4 is 10.9 Å². The highest BCUT2D eigenvalue weighted by Gasteiger charge is 2.44. The maximum Gasteiger partial charge on any atom is 0.343 e. The van der Waals surface area contributed by atoms with Gasteiger partial charge in [0.25, 0.3) is 5.56 Å². The molecule has 2 atom stereocenters. The topological polar surface area (TPSA) is 131 Å². The van der Waals surface area contributed by atoms with Crippen LogP contribution >= 0.6 is 11.6 Å². The number of halogens is 3. The first-order chi connectivity index (χ1) is 18.4. The number of rotatable bonds is 6. The van der Waals surface area contributed by atoms with E-state index < -0.39 is 45.8 Å². The minimum atomic E-state index is -2.07. The number of fused-ring (bicyclic) bond motifs is 2. The first kappa shape index (κ1) is 27.2. The summed E-state index contributed by atoms with van der Waals surface area (Å²) in [5.41, 5.74) is -1.72. The van der Waals surface area contributed by atoms with Gasteiger partial charge >= 0.3 is 5.97 Å². The molecule has 1 fully saturated rings. The van der Waals surface area contributed by atoms with Gasteiger partial charge in [-0.3, -0.25) is 9.59 Å². The second-order valence-corrected chi connectivity index (χ2v) is 10.4. The molecule has 1 saturated carbocycles. The van der Waals surface area contributed by atoms with Gasteiger partial charge in [0.1, 0.15) is 23.6 Å². The number of aliphatic hydroxyl groups is 2. The van der Waals surface area contributed by atoms with Crippen molar-refractivity contribution in [3.63, 3.8) is 0 Å². The second kappa shape index (κ2) is 9.65. The van der Waals surface area contributed by atoms with Crippen molar-refractivity contribution in [2.75, 3.05) is 0 Å². The average molecular weight is 562 g/mol. The number of pyridine rings is 2. The number of carbonyl (C=O) groups excluding carboxylic acids is 2. The van der Waals surface area contributed by atoms with Crippen LogP contribution in [-0.2, 0) is 40.1 Å². The van der Waals surface area contributed by atoms with Gasteiger partial charge in [0.15, 0.2) is 11.4 Å². The molecule has 9 nitrogen and oxygen atoms in total. The van der Waals surface area contributed by atoms with Gasteiger partial charge < -0.3 is 24.8 Å². The lowest BCUT2D eigenvalue weighted by Gasteiger charge is -2.32. The van der Waals surface area contributed by atoms with Crippen LogP contribution in [0, 0.1) is 24.5 Å². The van der Waals surface area contributed by atoms with Crippen molar-refractivity contribution >= 4 is 34.4 Å². The van der Waals surface area contributed by atoms with Gasteiger partial charge in [-0.1, -0.05) is 18.5 Å². The van der Waals surface area contributed by atoms with Crippen LogP contribution in [0.15, 0.2) is 16.9 Å². The molecule has 39 heavy (non-hydrogen) atoms. The molecule has 0 spiro atoms. The molecule has 0 bridgehead atoms. The number of nitrogens with one attached hydrogen (secondary N) is 1. The molecule has 12 heteroatoms. The minimum Gasteiger partial charge on any atom is -0.458 e.